The lowest BCUT2D eigenvalue weighted by molar-refractivity contribution is -0.127. The molecule has 8 heteroatoms. The quantitative estimate of drug-likeness (QED) is 0.739. The normalized spacial score (nSPS) is 18.0. The zero-order chi connectivity index (χ0) is 17.9. The first-order valence-electron chi connectivity index (χ1n) is 7.67. The van der Waals surface area contributed by atoms with Gasteiger partial charge in [-0.15, -0.1) is 0 Å². The van der Waals surface area contributed by atoms with E-state index in [4.69, 9.17) is 4.74 Å². The first-order valence-corrected chi connectivity index (χ1v) is 9.73. The summed E-state index contributed by atoms with van der Waals surface area (Å²) in [6, 6.07) is 4.49. The fourth-order valence-corrected chi connectivity index (χ4v) is 3.25. The van der Waals surface area contributed by atoms with Gasteiger partial charge in [-0.05, 0) is 31.4 Å². The van der Waals surface area contributed by atoms with Crippen LogP contribution in [0.1, 0.15) is 17.5 Å². The highest BCUT2D eigenvalue weighted by Gasteiger charge is 2.37. The Morgan fingerprint density at radius 3 is 2.42 bits per heavy atom. The minimum atomic E-state index is -3.18. The van der Waals surface area contributed by atoms with E-state index in [0.29, 0.717) is 0 Å². The number of sulfone groups is 1. The van der Waals surface area contributed by atoms with Crippen molar-refractivity contribution >= 4 is 21.8 Å². The lowest BCUT2D eigenvalue weighted by Gasteiger charge is -2.16. The van der Waals surface area contributed by atoms with Crippen LogP contribution in [0.4, 0.5) is 4.79 Å². The number of urea groups is 1. The molecule has 1 N–H and O–H groups in total. The van der Waals surface area contributed by atoms with Gasteiger partial charge in [0.2, 0.25) is 0 Å². The Labute approximate surface area is 141 Å². The van der Waals surface area contributed by atoms with Gasteiger partial charge in [-0.3, -0.25) is 9.69 Å². The first kappa shape index (κ1) is 18.3. The average Bonchev–Trinajstić information content (AvgIpc) is 2.74. The van der Waals surface area contributed by atoms with E-state index in [2.05, 4.69) is 5.32 Å². The van der Waals surface area contributed by atoms with Crippen LogP contribution in [0.5, 0.6) is 5.75 Å². The van der Waals surface area contributed by atoms with Crippen LogP contribution in [0.15, 0.2) is 18.2 Å². The Balaban J connectivity index is 1.91. The van der Waals surface area contributed by atoms with Gasteiger partial charge in [0.25, 0.3) is 5.91 Å². The van der Waals surface area contributed by atoms with Gasteiger partial charge in [-0.1, -0.05) is 18.2 Å². The molecule has 0 saturated carbocycles. The maximum atomic E-state index is 12.2. The number of imide groups is 1. The van der Waals surface area contributed by atoms with Gasteiger partial charge in [0.1, 0.15) is 28.2 Å². The van der Waals surface area contributed by atoms with Crippen molar-refractivity contribution in [1.82, 2.24) is 10.2 Å². The molecule has 1 heterocycles. The molecular formula is C16H22N2O5S. The molecule has 1 aliphatic heterocycles. The second-order valence-corrected chi connectivity index (χ2v) is 8.24. The van der Waals surface area contributed by atoms with Crippen molar-refractivity contribution in [2.45, 2.75) is 26.3 Å². The number of nitrogens with one attached hydrogen (secondary N) is 1. The number of para-hydroxylation sites is 1. The predicted octanol–water partition coefficient (Wildman–Crippen LogP) is 1.04. The van der Waals surface area contributed by atoms with Gasteiger partial charge >= 0.3 is 6.03 Å². The Kier molecular flexibility index (Phi) is 5.48. The molecule has 1 saturated heterocycles. The maximum Gasteiger partial charge on any atom is 0.324 e. The fraction of sp³-hybridized carbons (Fsp3) is 0.500. The summed E-state index contributed by atoms with van der Waals surface area (Å²) in [6.45, 7) is 4.16. The third-order valence-corrected chi connectivity index (χ3v) is 4.83. The van der Waals surface area contributed by atoms with Crippen molar-refractivity contribution < 1.29 is 22.7 Å². The number of nitrogens with zero attached hydrogens (tertiary/aromatic N) is 1. The Morgan fingerprint density at radius 1 is 1.21 bits per heavy atom. The molecule has 0 aliphatic carbocycles. The molecule has 0 radical (unpaired) electrons. The van der Waals surface area contributed by atoms with Crippen LogP contribution in [0.2, 0.25) is 0 Å². The second kappa shape index (κ2) is 7.21. The van der Waals surface area contributed by atoms with Gasteiger partial charge in [-0.25, -0.2) is 13.2 Å². The Morgan fingerprint density at radius 2 is 1.83 bits per heavy atom. The largest absolute Gasteiger partial charge is 0.491 e. The van der Waals surface area contributed by atoms with Crippen LogP contribution in [0, 0.1) is 13.8 Å². The summed E-state index contributed by atoms with van der Waals surface area (Å²) in [5.74, 6) is 0.197. The van der Waals surface area contributed by atoms with E-state index >= 15 is 0 Å². The second-order valence-electron chi connectivity index (χ2n) is 5.98. The molecular weight excluding hydrogens is 332 g/mol. The highest BCUT2D eigenvalue weighted by atomic mass is 32.2. The Hall–Kier alpha value is -2.09. The van der Waals surface area contributed by atoms with Gasteiger partial charge in [0.15, 0.2) is 0 Å². The van der Waals surface area contributed by atoms with Gasteiger partial charge in [0.05, 0.1) is 12.3 Å². The summed E-state index contributed by atoms with van der Waals surface area (Å²) in [6.07, 6.45) is 1.18. The van der Waals surface area contributed by atoms with Crippen LogP contribution in [-0.2, 0) is 14.6 Å². The van der Waals surface area contributed by atoms with E-state index in [1.807, 2.05) is 32.0 Å². The molecule has 1 aromatic rings. The SMILES string of the molecule is Cc1cccc(C)c1OCCN1C(=O)N[C@H](CCS(C)(=O)=O)C1=O. The molecule has 1 aromatic carbocycles. The van der Waals surface area contributed by atoms with Crippen LogP contribution in [0.3, 0.4) is 0 Å². The van der Waals surface area contributed by atoms with Crippen molar-refractivity contribution in [3.8, 4) is 5.75 Å². The molecule has 0 bridgehead atoms. The number of carbonyl (C=O) groups is 2. The van der Waals surface area contributed by atoms with Crippen molar-refractivity contribution in [2.24, 2.45) is 0 Å². The molecule has 0 spiro atoms. The minimum absolute atomic E-state index is 0.0810. The smallest absolute Gasteiger partial charge is 0.324 e. The van der Waals surface area contributed by atoms with E-state index in [1.165, 1.54) is 0 Å². The van der Waals surface area contributed by atoms with E-state index in [9.17, 15) is 18.0 Å². The molecule has 1 fully saturated rings. The summed E-state index contributed by atoms with van der Waals surface area (Å²) in [7, 11) is -3.18. The molecule has 0 unspecified atom stereocenters. The summed E-state index contributed by atoms with van der Waals surface area (Å²) in [5, 5.41) is 2.52. The standard InChI is InChI=1S/C16H22N2O5S/c1-11-5-4-6-12(2)14(11)23-9-8-18-15(19)13(17-16(18)20)7-10-24(3,21)22/h4-6,13H,7-10H2,1-3H3,(H,17,20)/t13-/m1/s1. The summed E-state index contributed by atoms with van der Waals surface area (Å²) >= 11 is 0. The van der Waals surface area contributed by atoms with Crippen LogP contribution in [0.25, 0.3) is 0 Å². The molecule has 3 amide bonds. The number of hydrogen-bond donors (Lipinski definition) is 1. The van der Waals surface area contributed by atoms with E-state index in [1.54, 1.807) is 0 Å². The maximum absolute atomic E-state index is 12.2. The van der Waals surface area contributed by atoms with Crippen molar-refractivity contribution in [2.75, 3.05) is 25.2 Å². The number of rotatable bonds is 7. The van der Waals surface area contributed by atoms with Crippen LogP contribution in [-0.4, -0.2) is 56.5 Å². The van der Waals surface area contributed by atoms with E-state index in [-0.39, 0.29) is 25.3 Å². The molecule has 24 heavy (non-hydrogen) atoms. The van der Waals surface area contributed by atoms with Crippen molar-refractivity contribution in [3.05, 3.63) is 29.3 Å². The number of amides is 3. The molecule has 7 nitrogen and oxygen atoms in total. The number of aryl methyl sites for hydroxylation is 2. The van der Waals surface area contributed by atoms with Crippen LogP contribution >= 0.6 is 0 Å². The molecule has 1 atom stereocenters. The Bertz CT molecular complexity index is 725. The minimum Gasteiger partial charge on any atom is -0.491 e. The zero-order valence-electron chi connectivity index (χ0n) is 14.0. The summed E-state index contributed by atoms with van der Waals surface area (Å²) < 4.78 is 28.1. The van der Waals surface area contributed by atoms with E-state index < -0.39 is 27.8 Å². The zero-order valence-corrected chi connectivity index (χ0v) is 14.9. The lowest BCUT2D eigenvalue weighted by Crippen LogP contribution is -2.35. The fourth-order valence-electron chi connectivity index (χ4n) is 2.58. The first-order chi connectivity index (χ1) is 11.2. The summed E-state index contributed by atoms with van der Waals surface area (Å²) in [5.41, 5.74) is 1.97. The van der Waals surface area contributed by atoms with Gasteiger partial charge in [-0.2, -0.15) is 0 Å². The predicted molar refractivity (Wildman–Crippen MR) is 89.8 cm³/mol. The van der Waals surface area contributed by atoms with Gasteiger partial charge < -0.3 is 10.1 Å². The molecule has 132 valence electrons. The lowest BCUT2D eigenvalue weighted by atomic mass is 10.1. The highest BCUT2D eigenvalue weighted by molar-refractivity contribution is 7.90. The number of hydrogen-bond acceptors (Lipinski definition) is 5. The third-order valence-electron chi connectivity index (χ3n) is 3.85. The van der Waals surface area contributed by atoms with Gasteiger partial charge in [0, 0.05) is 6.26 Å². The monoisotopic (exact) mass is 354 g/mol. The number of benzene rings is 1. The number of carbonyl (C=O) groups excluding carboxylic acids is 2. The average molecular weight is 354 g/mol. The highest BCUT2D eigenvalue weighted by Crippen LogP contribution is 2.22. The molecule has 0 aromatic heterocycles. The molecule has 1 aliphatic rings. The molecule has 2 rings (SSSR count). The number of ether oxygens (including phenoxy) is 1. The van der Waals surface area contributed by atoms with Crippen molar-refractivity contribution in [3.63, 3.8) is 0 Å². The topological polar surface area (TPSA) is 92.8 Å². The third kappa shape index (κ3) is 4.47. The van der Waals surface area contributed by atoms with Crippen molar-refractivity contribution in [1.29, 1.82) is 0 Å². The summed E-state index contributed by atoms with van der Waals surface area (Å²) in [4.78, 5) is 25.2. The van der Waals surface area contributed by atoms with Crippen LogP contribution < -0.4 is 10.1 Å². The van der Waals surface area contributed by atoms with E-state index in [0.717, 1.165) is 28.0 Å².